The average Bonchev–Trinajstić information content (AvgIpc) is 2.36. The summed E-state index contributed by atoms with van der Waals surface area (Å²) in [6.45, 7) is 6.76. The molecule has 0 fully saturated rings. The third kappa shape index (κ3) is 4.67. The summed E-state index contributed by atoms with van der Waals surface area (Å²) in [6, 6.07) is 7.87. The number of esters is 1. The Hall–Kier alpha value is -1.06. The molecule has 1 aromatic rings. The van der Waals surface area contributed by atoms with E-state index in [1.54, 1.807) is 0 Å². The fourth-order valence-electron chi connectivity index (χ4n) is 1.59. The SMILES string of the molecule is CCOC(=O)C(C)CN[C@@H](C)c1ccc(Cl)cc1. The highest BCUT2D eigenvalue weighted by Gasteiger charge is 2.15. The van der Waals surface area contributed by atoms with Gasteiger partial charge in [0, 0.05) is 17.6 Å². The summed E-state index contributed by atoms with van der Waals surface area (Å²) in [6.07, 6.45) is 0. The molecule has 0 aliphatic rings. The molecular formula is C14H20ClNO2. The molecule has 0 saturated carbocycles. The van der Waals surface area contributed by atoms with Crippen LogP contribution >= 0.6 is 11.6 Å². The van der Waals surface area contributed by atoms with Gasteiger partial charge in [-0.2, -0.15) is 0 Å². The van der Waals surface area contributed by atoms with Crippen LogP contribution in [0.25, 0.3) is 0 Å². The molecule has 0 aliphatic heterocycles. The third-order valence-corrected chi connectivity index (χ3v) is 3.04. The van der Waals surface area contributed by atoms with Gasteiger partial charge in [0.2, 0.25) is 0 Å². The number of rotatable bonds is 6. The Morgan fingerprint density at radius 3 is 2.50 bits per heavy atom. The van der Waals surface area contributed by atoms with Crippen LogP contribution in [-0.4, -0.2) is 19.1 Å². The van der Waals surface area contributed by atoms with Crippen molar-refractivity contribution in [3.8, 4) is 0 Å². The Morgan fingerprint density at radius 1 is 1.33 bits per heavy atom. The van der Waals surface area contributed by atoms with Crippen molar-refractivity contribution in [2.45, 2.75) is 26.8 Å². The maximum absolute atomic E-state index is 11.5. The lowest BCUT2D eigenvalue weighted by molar-refractivity contribution is -0.147. The molecule has 0 spiro atoms. The Morgan fingerprint density at radius 2 is 1.94 bits per heavy atom. The van der Waals surface area contributed by atoms with E-state index in [4.69, 9.17) is 16.3 Å². The second-order valence-electron chi connectivity index (χ2n) is 4.33. The molecule has 0 aromatic heterocycles. The molecule has 18 heavy (non-hydrogen) atoms. The molecule has 1 unspecified atom stereocenters. The smallest absolute Gasteiger partial charge is 0.309 e. The third-order valence-electron chi connectivity index (χ3n) is 2.79. The van der Waals surface area contributed by atoms with Gasteiger partial charge < -0.3 is 10.1 Å². The van der Waals surface area contributed by atoms with Crippen LogP contribution in [0.2, 0.25) is 5.02 Å². The summed E-state index contributed by atoms with van der Waals surface area (Å²) in [4.78, 5) is 11.5. The van der Waals surface area contributed by atoms with Crippen molar-refractivity contribution in [1.29, 1.82) is 0 Å². The lowest BCUT2D eigenvalue weighted by Crippen LogP contribution is -2.29. The first kappa shape index (κ1) is 15.0. The first-order valence-corrected chi connectivity index (χ1v) is 6.57. The minimum Gasteiger partial charge on any atom is -0.466 e. The first-order chi connectivity index (χ1) is 8.54. The highest BCUT2D eigenvalue weighted by molar-refractivity contribution is 6.30. The molecule has 4 heteroatoms. The Labute approximate surface area is 113 Å². The number of benzene rings is 1. The molecule has 2 atom stereocenters. The van der Waals surface area contributed by atoms with E-state index >= 15 is 0 Å². The zero-order valence-electron chi connectivity index (χ0n) is 11.1. The normalized spacial score (nSPS) is 14.0. The van der Waals surface area contributed by atoms with E-state index in [1.165, 1.54) is 0 Å². The van der Waals surface area contributed by atoms with Crippen LogP contribution in [0, 0.1) is 5.92 Å². The number of ether oxygens (including phenoxy) is 1. The van der Waals surface area contributed by atoms with Gasteiger partial charge in [0.25, 0.3) is 0 Å². The largest absolute Gasteiger partial charge is 0.466 e. The van der Waals surface area contributed by atoms with Crippen molar-refractivity contribution in [2.75, 3.05) is 13.2 Å². The zero-order valence-corrected chi connectivity index (χ0v) is 11.8. The van der Waals surface area contributed by atoms with Gasteiger partial charge in [0.1, 0.15) is 0 Å². The standard InChI is InChI=1S/C14H20ClNO2/c1-4-18-14(17)10(2)9-16-11(3)12-5-7-13(15)8-6-12/h5-8,10-11,16H,4,9H2,1-3H3/t10?,11-/m0/s1. The second-order valence-corrected chi connectivity index (χ2v) is 4.77. The first-order valence-electron chi connectivity index (χ1n) is 6.20. The van der Waals surface area contributed by atoms with Crippen LogP contribution in [0.15, 0.2) is 24.3 Å². The van der Waals surface area contributed by atoms with Gasteiger partial charge in [0.05, 0.1) is 12.5 Å². The van der Waals surface area contributed by atoms with E-state index in [-0.39, 0.29) is 17.9 Å². The number of nitrogens with one attached hydrogen (secondary N) is 1. The van der Waals surface area contributed by atoms with Crippen LogP contribution in [0.5, 0.6) is 0 Å². The van der Waals surface area contributed by atoms with Crippen molar-refractivity contribution in [1.82, 2.24) is 5.32 Å². The molecule has 1 N–H and O–H groups in total. The fraction of sp³-hybridized carbons (Fsp3) is 0.500. The maximum atomic E-state index is 11.5. The Balaban J connectivity index is 2.43. The Bertz CT molecular complexity index is 378. The van der Waals surface area contributed by atoms with E-state index in [2.05, 4.69) is 12.2 Å². The highest BCUT2D eigenvalue weighted by Crippen LogP contribution is 2.16. The summed E-state index contributed by atoms with van der Waals surface area (Å²) in [5.41, 5.74) is 1.15. The van der Waals surface area contributed by atoms with Crippen molar-refractivity contribution in [3.63, 3.8) is 0 Å². The fourth-order valence-corrected chi connectivity index (χ4v) is 1.72. The van der Waals surface area contributed by atoms with Gasteiger partial charge in [-0.3, -0.25) is 4.79 Å². The summed E-state index contributed by atoms with van der Waals surface area (Å²) in [7, 11) is 0. The van der Waals surface area contributed by atoms with Gasteiger partial charge in [-0.1, -0.05) is 30.7 Å². The monoisotopic (exact) mass is 269 g/mol. The summed E-state index contributed by atoms with van der Waals surface area (Å²) in [5, 5.41) is 4.04. The minimum absolute atomic E-state index is 0.139. The number of carbonyl (C=O) groups excluding carboxylic acids is 1. The maximum Gasteiger partial charge on any atom is 0.309 e. The summed E-state index contributed by atoms with van der Waals surface area (Å²) >= 11 is 5.84. The van der Waals surface area contributed by atoms with Crippen molar-refractivity contribution in [2.24, 2.45) is 5.92 Å². The molecule has 1 aromatic carbocycles. The lowest BCUT2D eigenvalue weighted by atomic mass is 10.1. The minimum atomic E-state index is -0.159. The van der Waals surface area contributed by atoms with Crippen LogP contribution < -0.4 is 5.32 Å². The van der Waals surface area contributed by atoms with E-state index in [0.29, 0.717) is 13.2 Å². The van der Waals surface area contributed by atoms with Crippen LogP contribution in [0.4, 0.5) is 0 Å². The van der Waals surface area contributed by atoms with Gasteiger partial charge in [-0.25, -0.2) is 0 Å². The van der Waals surface area contributed by atoms with Gasteiger partial charge in [-0.15, -0.1) is 0 Å². The number of carbonyl (C=O) groups is 1. The molecule has 0 aliphatic carbocycles. The lowest BCUT2D eigenvalue weighted by Gasteiger charge is -2.17. The van der Waals surface area contributed by atoms with E-state index < -0.39 is 0 Å². The molecular weight excluding hydrogens is 250 g/mol. The van der Waals surface area contributed by atoms with Crippen molar-refractivity contribution < 1.29 is 9.53 Å². The van der Waals surface area contributed by atoms with Crippen molar-refractivity contribution >= 4 is 17.6 Å². The number of halogens is 1. The molecule has 1 rings (SSSR count). The number of hydrogen-bond acceptors (Lipinski definition) is 3. The van der Waals surface area contributed by atoms with Gasteiger partial charge in [0.15, 0.2) is 0 Å². The number of hydrogen-bond donors (Lipinski definition) is 1. The average molecular weight is 270 g/mol. The van der Waals surface area contributed by atoms with E-state index in [0.717, 1.165) is 10.6 Å². The summed E-state index contributed by atoms with van der Waals surface area (Å²) < 4.78 is 4.96. The predicted molar refractivity (Wildman–Crippen MR) is 73.7 cm³/mol. The Kier molecular flexibility index (Phi) is 6.16. The molecule has 0 amide bonds. The van der Waals surface area contributed by atoms with Crippen LogP contribution in [0.1, 0.15) is 32.4 Å². The van der Waals surface area contributed by atoms with E-state index in [1.807, 2.05) is 38.1 Å². The molecule has 0 saturated heterocycles. The molecule has 3 nitrogen and oxygen atoms in total. The van der Waals surface area contributed by atoms with Gasteiger partial charge >= 0.3 is 5.97 Å². The predicted octanol–water partition coefficient (Wildman–Crippen LogP) is 3.19. The molecule has 100 valence electrons. The van der Waals surface area contributed by atoms with E-state index in [9.17, 15) is 4.79 Å². The highest BCUT2D eigenvalue weighted by atomic mass is 35.5. The molecule has 0 radical (unpaired) electrons. The topological polar surface area (TPSA) is 38.3 Å². The van der Waals surface area contributed by atoms with Crippen LogP contribution in [-0.2, 0) is 9.53 Å². The quantitative estimate of drug-likeness (QED) is 0.806. The molecule has 0 heterocycles. The van der Waals surface area contributed by atoms with Gasteiger partial charge in [-0.05, 0) is 31.5 Å². The zero-order chi connectivity index (χ0) is 13.5. The second kappa shape index (κ2) is 7.39. The van der Waals surface area contributed by atoms with Crippen molar-refractivity contribution in [3.05, 3.63) is 34.9 Å². The molecule has 0 bridgehead atoms. The van der Waals surface area contributed by atoms with Crippen LogP contribution in [0.3, 0.4) is 0 Å². The summed E-state index contributed by atoms with van der Waals surface area (Å²) in [5.74, 6) is -0.298.